The Bertz CT molecular complexity index is 365. The fourth-order valence-corrected chi connectivity index (χ4v) is 1.18. The minimum absolute atomic E-state index is 0.0340. The molecule has 1 rings (SSSR count). The minimum Gasteiger partial charge on any atom is -0.475 e. The van der Waals surface area contributed by atoms with Crippen LogP contribution in [0, 0.1) is 12.8 Å². The lowest BCUT2D eigenvalue weighted by atomic mass is 10.1. The first-order valence-corrected chi connectivity index (χ1v) is 5.36. The molecule has 0 fully saturated rings. The number of hydrogen-bond donors (Lipinski definition) is 1. The Kier molecular flexibility index (Phi) is 4.12. The summed E-state index contributed by atoms with van der Waals surface area (Å²) in [5, 5.41) is 8.75. The van der Waals surface area contributed by atoms with Crippen LogP contribution in [0.4, 0.5) is 0 Å². The molecule has 1 N–H and O–H groups in total. The van der Waals surface area contributed by atoms with E-state index in [1.165, 1.54) is 6.07 Å². The van der Waals surface area contributed by atoms with Gasteiger partial charge in [-0.1, -0.05) is 13.8 Å². The van der Waals surface area contributed by atoms with Crippen LogP contribution < -0.4 is 0 Å². The molecule has 0 aliphatic carbocycles. The molecule has 4 heteroatoms. The van der Waals surface area contributed by atoms with E-state index in [0.29, 0.717) is 18.3 Å². The van der Waals surface area contributed by atoms with Crippen molar-refractivity contribution in [3.63, 3.8) is 0 Å². The Hall–Kier alpha value is -1.29. The van der Waals surface area contributed by atoms with Gasteiger partial charge in [0.2, 0.25) is 5.76 Å². The monoisotopic (exact) mass is 226 g/mol. The lowest BCUT2D eigenvalue weighted by Gasteiger charge is -2.15. The molecular formula is C12H18O4. The highest BCUT2D eigenvalue weighted by atomic mass is 16.5. The number of rotatable bonds is 5. The lowest BCUT2D eigenvalue weighted by molar-refractivity contribution is 0.0230. The minimum atomic E-state index is -1.05. The molecule has 0 bridgehead atoms. The van der Waals surface area contributed by atoms with Crippen LogP contribution in [0.25, 0.3) is 0 Å². The first kappa shape index (κ1) is 12.8. The molecule has 0 saturated carbocycles. The maximum atomic E-state index is 10.7. The summed E-state index contributed by atoms with van der Waals surface area (Å²) in [5.74, 6) is -0.0425. The van der Waals surface area contributed by atoms with Crippen molar-refractivity contribution >= 4 is 5.97 Å². The predicted octanol–water partition coefficient (Wildman–Crippen LogP) is 2.85. The van der Waals surface area contributed by atoms with Crippen LogP contribution in [0.1, 0.15) is 42.6 Å². The molecule has 16 heavy (non-hydrogen) atoms. The summed E-state index contributed by atoms with van der Waals surface area (Å²) in [4.78, 5) is 10.7. The van der Waals surface area contributed by atoms with Crippen molar-refractivity contribution in [2.45, 2.75) is 40.4 Å². The van der Waals surface area contributed by atoms with Crippen molar-refractivity contribution in [1.82, 2.24) is 0 Å². The first-order valence-electron chi connectivity index (χ1n) is 5.36. The molecule has 4 nitrogen and oxygen atoms in total. The summed E-state index contributed by atoms with van der Waals surface area (Å²) < 4.78 is 10.7. The Balaban J connectivity index is 2.64. The maximum absolute atomic E-state index is 10.7. The Morgan fingerprint density at radius 3 is 2.56 bits per heavy atom. The molecule has 1 unspecified atom stereocenters. The highest BCUT2D eigenvalue weighted by Crippen LogP contribution is 2.17. The molecule has 0 amide bonds. The van der Waals surface area contributed by atoms with Crippen molar-refractivity contribution in [2.75, 3.05) is 0 Å². The number of aryl methyl sites for hydroxylation is 1. The summed E-state index contributed by atoms with van der Waals surface area (Å²) in [6, 6.07) is 1.52. The van der Waals surface area contributed by atoms with Gasteiger partial charge in [-0.05, 0) is 25.8 Å². The summed E-state index contributed by atoms with van der Waals surface area (Å²) in [7, 11) is 0. The SMILES string of the molecule is Cc1oc(C(=O)O)cc1COC(C)C(C)C. The Labute approximate surface area is 95.2 Å². The smallest absolute Gasteiger partial charge is 0.371 e. The molecule has 0 saturated heterocycles. The zero-order chi connectivity index (χ0) is 12.3. The predicted molar refractivity (Wildman–Crippen MR) is 59.5 cm³/mol. The van der Waals surface area contributed by atoms with Crippen LogP contribution in [0.3, 0.4) is 0 Å². The van der Waals surface area contributed by atoms with E-state index in [9.17, 15) is 4.79 Å². The molecule has 1 atom stereocenters. The Morgan fingerprint density at radius 1 is 1.50 bits per heavy atom. The maximum Gasteiger partial charge on any atom is 0.371 e. The molecule has 0 aliphatic rings. The van der Waals surface area contributed by atoms with E-state index < -0.39 is 5.97 Å². The summed E-state index contributed by atoms with van der Waals surface area (Å²) in [5.41, 5.74) is 0.796. The molecule has 0 aromatic carbocycles. The third kappa shape index (κ3) is 3.10. The first-order chi connectivity index (χ1) is 7.41. The number of aromatic carboxylic acids is 1. The topological polar surface area (TPSA) is 59.7 Å². The number of carboxylic acids is 1. The number of carboxylic acid groups (broad SMARTS) is 1. The van der Waals surface area contributed by atoms with Gasteiger partial charge in [-0.2, -0.15) is 0 Å². The van der Waals surface area contributed by atoms with Gasteiger partial charge in [0.1, 0.15) is 5.76 Å². The van der Waals surface area contributed by atoms with Crippen molar-refractivity contribution in [1.29, 1.82) is 0 Å². The van der Waals surface area contributed by atoms with Gasteiger partial charge in [-0.25, -0.2) is 4.79 Å². The van der Waals surface area contributed by atoms with E-state index in [1.807, 2.05) is 6.92 Å². The van der Waals surface area contributed by atoms with Crippen LogP contribution in [-0.4, -0.2) is 17.2 Å². The van der Waals surface area contributed by atoms with Crippen molar-refractivity contribution in [3.05, 3.63) is 23.2 Å². The van der Waals surface area contributed by atoms with E-state index in [2.05, 4.69) is 13.8 Å². The van der Waals surface area contributed by atoms with Crippen LogP contribution in [0.5, 0.6) is 0 Å². The van der Waals surface area contributed by atoms with Gasteiger partial charge in [0, 0.05) is 5.56 Å². The molecular weight excluding hydrogens is 208 g/mol. The molecule has 0 spiro atoms. The fourth-order valence-electron chi connectivity index (χ4n) is 1.18. The van der Waals surface area contributed by atoms with Gasteiger partial charge >= 0.3 is 5.97 Å². The number of hydrogen-bond acceptors (Lipinski definition) is 3. The summed E-state index contributed by atoms with van der Waals surface area (Å²) in [6.45, 7) is 8.29. The third-order valence-corrected chi connectivity index (χ3v) is 2.67. The second kappa shape index (κ2) is 5.16. The second-order valence-corrected chi connectivity index (χ2v) is 4.26. The standard InChI is InChI=1S/C12H18O4/c1-7(2)8(3)15-6-10-5-11(12(13)14)16-9(10)4/h5,7-8H,6H2,1-4H3,(H,13,14). The molecule has 1 aromatic heterocycles. The summed E-state index contributed by atoms with van der Waals surface area (Å²) in [6.07, 6.45) is 0.141. The fraction of sp³-hybridized carbons (Fsp3) is 0.583. The molecule has 1 aromatic rings. The van der Waals surface area contributed by atoms with Gasteiger partial charge in [-0.15, -0.1) is 0 Å². The van der Waals surface area contributed by atoms with Crippen LogP contribution in [0.2, 0.25) is 0 Å². The normalized spacial score (nSPS) is 13.1. The molecule has 1 heterocycles. The Morgan fingerprint density at radius 2 is 2.12 bits per heavy atom. The zero-order valence-electron chi connectivity index (χ0n) is 10.1. The number of carbonyl (C=O) groups is 1. The zero-order valence-corrected chi connectivity index (χ0v) is 10.1. The van der Waals surface area contributed by atoms with Crippen molar-refractivity contribution in [2.24, 2.45) is 5.92 Å². The van der Waals surface area contributed by atoms with Crippen molar-refractivity contribution < 1.29 is 19.1 Å². The average Bonchev–Trinajstić information content (AvgIpc) is 2.56. The van der Waals surface area contributed by atoms with Crippen LogP contribution in [-0.2, 0) is 11.3 Å². The second-order valence-electron chi connectivity index (χ2n) is 4.26. The van der Waals surface area contributed by atoms with E-state index in [1.54, 1.807) is 6.92 Å². The number of ether oxygens (including phenoxy) is 1. The van der Waals surface area contributed by atoms with Crippen LogP contribution in [0.15, 0.2) is 10.5 Å². The van der Waals surface area contributed by atoms with Gasteiger partial charge in [-0.3, -0.25) is 0 Å². The molecule has 0 radical (unpaired) electrons. The van der Waals surface area contributed by atoms with Crippen molar-refractivity contribution in [3.8, 4) is 0 Å². The van der Waals surface area contributed by atoms with Gasteiger partial charge < -0.3 is 14.3 Å². The third-order valence-electron chi connectivity index (χ3n) is 2.67. The van der Waals surface area contributed by atoms with Crippen LogP contribution >= 0.6 is 0 Å². The van der Waals surface area contributed by atoms with Gasteiger partial charge in [0.25, 0.3) is 0 Å². The van der Waals surface area contributed by atoms with Gasteiger partial charge in [0.15, 0.2) is 0 Å². The lowest BCUT2D eigenvalue weighted by Crippen LogP contribution is -2.15. The summed E-state index contributed by atoms with van der Waals surface area (Å²) >= 11 is 0. The van der Waals surface area contributed by atoms with E-state index >= 15 is 0 Å². The average molecular weight is 226 g/mol. The van der Waals surface area contributed by atoms with E-state index in [0.717, 1.165) is 5.56 Å². The highest BCUT2D eigenvalue weighted by Gasteiger charge is 2.14. The molecule has 0 aliphatic heterocycles. The largest absolute Gasteiger partial charge is 0.475 e. The highest BCUT2D eigenvalue weighted by molar-refractivity contribution is 5.84. The van der Waals surface area contributed by atoms with E-state index in [-0.39, 0.29) is 11.9 Å². The van der Waals surface area contributed by atoms with E-state index in [4.69, 9.17) is 14.3 Å². The number of furan rings is 1. The quantitative estimate of drug-likeness (QED) is 0.838. The molecule has 90 valence electrons. The van der Waals surface area contributed by atoms with Gasteiger partial charge in [0.05, 0.1) is 12.7 Å².